The molecule has 1 aromatic heterocycles. The van der Waals surface area contributed by atoms with Gasteiger partial charge in [0.15, 0.2) is 5.96 Å². The fraction of sp³-hybridized carbons (Fsp3) is 0.333. The van der Waals surface area contributed by atoms with E-state index in [1.165, 1.54) is 17.0 Å². The number of nitrogens with zero attached hydrogens (tertiary/aromatic N) is 2. The van der Waals surface area contributed by atoms with Crippen molar-refractivity contribution < 1.29 is 4.39 Å². The largest absolute Gasteiger partial charge is 0.357 e. The number of hydrogen-bond acceptors (Lipinski definition) is 3. The molecule has 4 nitrogen and oxygen atoms in total. The molecule has 0 radical (unpaired) electrons. The van der Waals surface area contributed by atoms with E-state index in [4.69, 9.17) is 0 Å². The Morgan fingerprint density at radius 1 is 1.27 bits per heavy atom. The van der Waals surface area contributed by atoms with Crippen LogP contribution in [0.5, 0.6) is 0 Å². The molecule has 1 heterocycles. The highest BCUT2D eigenvalue weighted by atomic mass is 127. The van der Waals surface area contributed by atoms with E-state index in [0.717, 1.165) is 23.1 Å². The number of aliphatic imine (C=N–C) groups is 1. The Bertz CT molecular complexity index is 598. The van der Waals surface area contributed by atoms with Crippen molar-refractivity contribution >= 4 is 41.3 Å². The lowest BCUT2D eigenvalue weighted by Gasteiger charge is -2.10. The van der Waals surface area contributed by atoms with Crippen LogP contribution in [-0.2, 0) is 13.1 Å². The molecule has 22 heavy (non-hydrogen) atoms. The summed E-state index contributed by atoms with van der Waals surface area (Å²) in [6.07, 6.45) is 1.87. The first kappa shape index (κ1) is 18.8. The Morgan fingerprint density at radius 2 is 2.00 bits per heavy atom. The first-order chi connectivity index (χ1) is 10.2. The molecule has 0 amide bonds. The molecule has 0 spiro atoms. The number of hydrogen-bond donors (Lipinski definition) is 2. The zero-order valence-electron chi connectivity index (χ0n) is 12.6. The summed E-state index contributed by atoms with van der Waals surface area (Å²) in [6.45, 7) is 6.00. The average molecular weight is 434 g/mol. The molecule has 1 aromatic carbocycles. The molecule has 0 bridgehead atoms. The lowest BCUT2D eigenvalue weighted by molar-refractivity contribution is 0.627. The van der Waals surface area contributed by atoms with Crippen LogP contribution in [0.25, 0.3) is 0 Å². The van der Waals surface area contributed by atoms with E-state index in [1.807, 2.05) is 20.0 Å². The Labute approximate surface area is 151 Å². The molecule has 0 aliphatic heterocycles. The second-order valence-corrected chi connectivity index (χ2v) is 5.84. The first-order valence-electron chi connectivity index (χ1n) is 6.85. The standard InChI is InChI=1S/C15H19FN4S.HI/c1-3-17-15(20-10-14-9-18-11(2)21-14)19-8-12-4-6-13(16)7-5-12;/h4-7,9H,3,8,10H2,1-2H3,(H2,17,19,20);1H. The Hall–Kier alpha value is -1.22. The minimum absolute atomic E-state index is 0. The van der Waals surface area contributed by atoms with E-state index < -0.39 is 0 Å². The third-order valence-corrected chi connectivity index (χ3v) is 3.69. The third-order valence-electron chi connectivity index (χ3n) is 2.78. The molecule has 7 heteroatoms. The van der Waals surface area contributed by atoms with Crippen LogP contribution in [0.1, 0.15) is 22.4 Å². The van der Waals surface area contributed by atoms with E-state index >= 15 is 0 Å². The Kier molecular flexibility index (Phi) is 8.32. The second kappa shape index (κ2) is 9.73. The number of aromatic nitrogens is 1. The highest BCUT2D eigenvalue weighted by Gasteiger charge is 2.01. The van der Waals surface area contributed by atoms with E-state index in [0.29, 0.717) is 13.1 Å². The monoisotopic (exact) mass is 434 g/mol. The van der Waals surface area contributed by atoms with Crippen molar-refractivity contribution in [1.29, 1.82) is 0 Å². The summed E-state index contributed by atoms with van der Waals surface area (Å²) >= 11 is 1.67. The first-order valence-corrected chi connectivity index (χ1v) is 7.67. The molecule has 0 saturated heterocycles. The average Bonchev–Trinajstić information content (AvgIpc) is 2.89. The molecule has 0 aliphatic carbocycles. The van der Waals surface area contributed by atoms with Gasteiger partial charge in [0.05, 0.1) is 18.1 Å². The van der Waals surface area contributed by atoms with Crippen LogP contribution in [-0.4, -0.2) is 17.5 Å². The van der Waals surface area contributed by atoms with Crippen molar-refractivity contribution in [3.8, 4) is 0 Å². The molecule has 0 aliphatic rings. The van der Waals surface area contributed by atoms with Crippen molar-refractivity contribution in [1.82, 2.24) is 15.6 Å². The predicted molar refractivity (Wildman–Crippen MR) is 100 cm³/mol. The van der Waals surface area contributed by atoms with Crippen molar-refractivity contribution in [2.24, 2.45) is 4.99 Å². The van der Waals surface area contributed by atoms with Gasteiger partial charge in [0.25, 0.3) is 0 Å². The van der Waals surface area contributed by atoms with Gasteiger partial charge in [0.2, 0.25) is 0 Å². The van der Waals surface area contributed by atoms with Gasteiger partial charge >= 0.3 is 0 Å². The van der Waals surface area contributed by atoms with E-state index in [2.05, 4.69) is 20.6 Å². The number of nitrogens with one attached hydrogen (secondary N) is 2. The van der Waals surface area contributed by atoms with Gasteiger partial charge in [-0.15, -0.1) is 35.3 Å². The fourth-order valence-corrected chi connectivity index (χ4v) is 2.49. The summed E-state index contributed by atoms with van der Waals surface area (Å²) in [4.78, 5) is 9.88. The number of rotatable bonds is 5. The van der Waals surface area contributed by atoms with Gasteiger partial charge in [-0.25, -0.2) is 14.4 Å². The fourth-order valence-electron chi connectivity index (χ4n) is 1.76. The van der Waals surface area contributed by atoms with Crippen LogP contribution < -0.4 is 10.6 Å². The van der Waals surface area contributed by atoms with E-state index in [9.17, 15) is 4.39 Å². The summed E-state index contributed by atoms with van der Waals surface area (Å²) < 4.78 is 12.9. The maximum Gasteiger partial charge on any atom is 0.191 e. The van der Waals surface area contributed by atoms with E-state index in [-0.39, 0.29) is 29.8 Å². The molecular weight excluding hydrogens is 414 g/mol. The van der Waals surface area contributed by atoms with Gasteiger partial charge in [-0.1, -0.05) is 12.1 Å². The second-order valence-electron chi connectivity index (χ2n) is 4.52. The maximum atomic E-state index is 12.9. The highest BCUT2D eigenvalue weighted by Crippen LogP contribution is 2.10. The summed E-state index contributed by atoms with van der Waals surface area (Å²) in [7, 11) is 0. The number of guanidine groups is 1. The normalized spacial score (nSPS) is 11.0. The van der Waals surface area contributed by atoms with Gasteiger partial charge in [-0.3, -0.25) is 0 Å². The van der Waals surface area contributed by atoms with Crippen molar-refractivity contribution in [3.05, 3.63) is 51.7 Å². The Morgan fingerprint density at radius 3 is 2.59 bits per heavy atom. The quantitative estimate of drug-likeness (QED) is 0.431. The smallest absolute Gasteiger partial charge is 0.191 e. The van der Waals surface area contributed by atoms with Crippen LogP contribution in [0.3, 0.4) is 0 Å². The minimum Gasteiger partial charge on any atom is -0.357 e. The zero-order valence-corrected chi connectivity index (χ0v) is 15.7. The molecule has 2 N–H and O–H groups in total. The zero-order chi connectivity index (χ0) is 15.1. The lowest BCUT2D eigenvalue weighted by Crippen LogP contribution is -2.36. The van der Waals surface area contributed by atoms with Gasteiger partial charge in [-0.2, -0.15) is 0 Å². The van der Waals surface area contributed by atoms with Gasteiger partial charge in [0, 0.05) is 17.6 Å². The Balaban J connectivity index is 0.00000242. The molecule has 2 aromatic rings. The topological polar surface area (TPSA) is 49.3 Å². The van der Waals surface area contributed by atoms with Crippen molar-refractivity contribution in [2.45, 2.75) is 26.9 Å². The molecule has 2 rings (SSSR count). The summed E-state index contributed by atoms with van der Waals surface area (Å²) in [5.41, 5.74) is 0.974. The van der Waals surface area contributed by atoms with Crippen LogP contribution >= 0.6 is 35.3 Å². The lowest BCUT2D eigenvalue weighted by atomic mass is 10.2. The molecule has 120 valence electrons. The SMILES string of the molecule is CCNC(=NCc1ccc(F)cc1)NCc1cnc(C)s1.I. The van der Waals surface area contributed by atoms with Crippen LogP contribution in [0.4, 0.5) is 4.39 Å². The van der Waals surface area contributed by atoms with E-state index in [1.54, 1.807) is 23.5 Å². The number of aryl methyl sites for hydroxylation is 1. The van der Waals surface area contributed by atoms with Gasteiger partial charge in [-0.05, 0) is 31.5 Å². The third kappa shape index (κ3) is 6.27. The molecular formula is C15H20FIN4S. The van der Waals surface area contributed by atoms with Crippen molar-refractivity contribution in [2.75, 3.05) is 6.54 Å². The summed E-state index contributed by atoms with van der Waals surface area (Å²) in [6, 6.07) is 6.39. The number of halogens is 2. The highest BCUT2D eigenvalue weighted by molar-refractivity contribution is 14.0. The summed E-state index contributed by atoms with van der Waals surface area (Å²) in [5.74, 6) is 0.515. The van der Waals surface area contributed by atoms with Gasteiger partial charge in [0.1, 0.15) is 5.82 Å². The maximum absolute atomic E-state index is 12.9. The molecule has 0 unspecified atom stereocenters. The number of benzene rings is 1. The molecule has 0 saturated carbocycles. The molecule has 0 fully saturated rings. The van der Waals surface area contributed by atoms with Crippen LogP contribution in [0.15, 0.2) is 35.5 Å². The summed E-state index contributed by atoms with van der Waals surface area (Å²) in [5, 5.41) is 7.51. The van der Waals surface area contributed by atoms with Crippen LogP contribution in [0, 0.1) is 12.7 Å². The number of thiazole rings is 1. The van der Waals surface area contributed by atoms with Gasteiger partial charge < -0.3 is 10.6 Å². The van der Waals surface area contributed by atoms with Crippen LogP contribution in [0.2, 0.25) is 0 Å². The van der Waals surface area contributed by atoms with Crippen molar-refractivity contribution in [3.63, 3.8) is 0 Å². The molecule has 0 atom stereocenters. The predicted octanol–water partition coefficient (Wildman–Crippen LogP) is 3.46. The minimum atomic E-state index is -0.228.